The van der Waals surface area contributed by atoms with Crippen molar-refractivity contribution in [3.63, 3.8) is 0 Å². The Bertz CT molecular complexity index is 613. The van der Waals surface area contributed by atoms with Gasteiger partial charge >= 0.3 is 0 Å². The van der Waals surface area contributed by atoms with Gasteiger partial charge in [-0.15, -0.1) is 11.3 Å². The SMILES string of the molecule is COc1cccc2ccn(-c3nccs3)c12. The number of nitrogens with zero attached hydrogens (tertiary/aromatic N) is 2. The second-order valence-corrected chi connectivity index (χ2v) is 4.27. The lowest BCUT2D eigenvalue weighted by atomic mass is 10.2. The van der Waals surface area contributed by atoms with Crippen molar-refractivity contribution in [2.45, 2.75) is 0 Å². The molecule has 0 aliphatic carbocycles. The Labute approximate surface area is 96.9 Å². The van der Waals surface area contributed by atoms with Crippen molar-refractivity contribution >= 4 is 22.2 Å². The first-order valence-electron chi connectivity index (χ1n) is 4.94. The summed E-state index contributed by atoms with van der Waals surface area (Å²) in [5.74, 6) is 0.873. The maximum absolute atomic E-state index is 5.38. The molecule has 0 saturated carbocycles. The molecular formula is C12H10N2OS. The lowest BCUT2D eigenvalue weighted by Crippen LogP contribution is -1.93. The average Bonchev–Trinajstić information content (AvgIpc) is 2.96. The van der Waals surface area contributed by atoms with Crippen LogP contribution in [0.4, 0.5) is 0 Å². The van der Waals surface area contributed by atoms with Crippen LogP contribution in [0.25, 0.3) is 16.0 Å². The summed E-state index contributed by atoms with van der Waals surface area (Å²) in [6.07, 6.45) is 3.83. The Balaban J connectivity index is 2.34. The molecule has 0 bridgehead atoms. The molecule has 4 heteroatoms. The smallest absolute Gasteiger partial charge is 0.194 e. The minimum Gasteiger partial charge on any atom is -0.495 e. The fraction of sp³-hybridized carbons (Fsp3) is 0.0833. The van der Waals surface area contributed by atoms with Crippen LogP contribution in [0.5, 0.6) is 5.75 Å². The molecule has 0 amide bonds. The predicted molar refractivity (Wildman–Crippen MR) is 65.5 cm³/mol. The molecule has 2 heterocycles. The zero-order valence-corrected chi connectivity index (χ0v) is 9.57. The summed E-state index contributed by atoms with van der Waals surface area (Å²) in [7, 11) is 1.69. The number of rotatable bonds is 2. The van der Waals surface area contributed by atoms with Gasteiger partial charge in [-0.2, -0.15) is 0 Å². The summed E-state index contributed by atoms with van der Waals surface area (Å²) < 4.78 is 7.43. The summed E-state index contributed by atoms with van der Waals surface area (Å²) in [6, 6.07) is 8.10. The van der Waals surface area contributed by atoms with Crippen molar-refractivity contribution in [1.82, 2.24) is 9.55 Å². The van der Waals surface area contributed by atoms with Gasteiger partial charge in [0.1, 0.15) is 5.75 Å². The van der Waals surface area contributed by atoms with Crippen LogP contribution in [-0.4, -0.2) is 16.7 Å². The van der Waals surface area contributed by atoms with E-state index in [-0.39, 0.29) is 0 Å². The number of thiazole rings is 1. The highest BCUT2D eigenvalue weighted by atomic mass is 32.1. The van der Waals surface area contributed by atoms with Crippen molar-refractivity contribution in [2.24, 2.45) is 0 Å². The molecule has 0 unspecified atom stereocenters. The van der Waals surface area contributed by atoms with E-state index >= 15 is 0 Å². The van der Waals surface area contributed by atoms with Gasteiger partial charge in [0.05, 0.1) is 12.6 Å². The zero-order valence-electron chi connectivity index (χ0n) is 8.75. The number of aromatic nitrogens is 2. The lowest BCUT2D eigenvalue weighted by molar-refractivity contribution is 0.418. The number of benzene rings is 1. The lowest BCUT2D eigenvalue weighted by Gasteiger charge is -2.05. The molecular weight excluding hydrogens is 220 g/mol. The molecule has 0 radical (unpaired) electrons. The van der Waals surface area contributed by atoms with E-state index < -0.39 is 0 Å². The third-order valence-corrected chi connectivity index (χ3v) is 3.29. The van der Waals surface area contributed by atoms with E-state index in [1.807, 2.05) is 23.7 Å². The van der Waals surface area contributed by atoms with Crippen LogP contribution in [0.3, 0.4) is 0 Å². The van der Waals surface area contributed by atoms with Gasteiger partial charge < -0.3 is 4.74 Å². The first kappa shape index (κ1) is 9.42. The summed E-state index contributed by atoms with van der Waals surface area (Å²) >= 11 is 1.61. The molecule has 80 valence electrons. The van der Waals surface area contributed by atoms with E-state index in [9.17, 15) is 0 Å². The number of hydrogen-bond acceptors (Lipinski definition) is 3. The standard InChI is InChI=1S/C12H10N2OS/c1-15-10-4-2-3-9-5-7-14(11(9)10)12-13-6-8-16-12/h2-8H,1H3. The van der Waals surface area contributed by atoms with Gasteiger partial charge in [-0.25, -0.2) is 4.98 Å². The van der Waals surface area contributed by atoms with Crippen LogP contribution in [-0.2, 0) is 0 Å². The summed E-state index contributed by atoms with van der Waals surface area (Å²) in [5, 5.41) is 4.09. The van der Waals surface area contributed by atoms with Crippen molar-refractivity contribution in [1.29, 1.82) is 0 Å². The van der Waals surface area contributed by atoms with Gasteiger partial charge in [-0.05, 0) is 12.1 Å². The minimum absolute atomic E-state index is 0.873. The van der Waals surface area contributed by atoms with E-state index in [1.165, 1.54) is 0 Å². The van der Waals surface area contributed by atoms with Crippen molar-refractivity contribution < 1.29 is 4.74 Å². The van der Waals surface area contributed by atoms with Crippen molar-refractivity contribution in [3.05, 3.63) is 42.0 Å². The molecule has 0 saturated heterocycles. The molecule has 16 heavy (non-hydrogen) atoms. The second kappa shape index (κ2) is 3.64. The topological polar surface area (TPSA) is 27.1 Å². The summed E-state index contributed by atoms with van der Waals surface area (Å²) in [4.78, 5) is 4.31. The quantitative estimate of drug-likeness (QED) is 0.676. The molecule has 0 spiro atoms. The normalized spacial score (nSPS) is 10.8. The molecule has 0 N–H and O–H groups in total. The van der Waals surface area contributed by atoms with Gasteiger partial charge in [0.2, 0.25) is 0 Å². The molecule has 1 aromatic carbocycles. The zero-order chi connectivity index (χ0) is 11.0. The van der Waals surface area contributed by atoms with E-state index in [4.69, 9.17) is 4.74 Å². The Kier molecular flexibility index (Phi) is 2.15. The molecule has 0 aliphatic heterocycles. The average molecular weight is 230 g/mol. The first-order chi connectivity index (χ1) is 7.90. The van der Waals surface area contributed by atoms with Gasteiger partial charge in [0, 0.05) is 23.2 Å². The highest BCUT2D eigenvalue weighted by Gasteiger charge is 2.09. The van der Waals surface area contributed by atoms with Crippen LogP contribution in [0.1, 0.15) is 0 Å². The fourth-order valence-electron chi connectivity index (χ4n) is 1.82. The molecule has 0 fully saturated rings. The number of fused-ring (bicyclic) bond motifs is 1. The van der Waals surface area contributed by atoms with Crippen molar-refractivity contribution in [2.75, 3.05) is 7.11 Å². The van der Waals surface area contributed by atoms with Crippen LogP contribution in [0, 0.1) is 0 Å². The van der Waals surface area contributed by atoms with E-state index in [0.29, 0.717) is 0 Å². The highest BCUT2D eigenvalue weighted by molar-refractivity contribution is 7.12. The molecule has 3 rings (SSSR count). The number of ether oxygens (including phenoxy) is 1. The van der Waals surface area contributed by atoms with E-state index in [1.54, 1.807) is 24.6 Å². The van der Waals surface area contributed by atoms with Crippen LogP contribution in [0.2, 0.25) is 0 Å². The monoisotopic (exact) mass is 230 g/mol. The van der Waals surface area contributed by atoms with Gasteiger partial charge in [-0.3, -0.25) is 4.57 Å². The van der Waals surface area contributed by atoms with E-state index in [2.05, 4.69) is 21.7 Å². The van der Waals surface area contributed by atoms with Gasteiger partial charge in [0.15, 0.2) is 5.13 Å². The van der Waals surface area contributed by atoms with Gasteiger partial charge in [0.25, 0.3) is 0 Å². The maximum atomic E-state index is 5.38. The number of hydrogen-bond donors (Lipinski definition) is 0. The minimum atomic E-state index is 0.873. The van der Waals surface area contributed by atoms with E-state index in [0.717, 1.165) is 21.8 Å². The largest absolute Gasteiger partial charge is 0.495 e. The molecule has 3 nitrogen and oxygen atoms in total. The highest BCUT2D eigenvalue weighted by Crippen LogP contribution is 2.29. The maximum Gasteiger partial charge on any atom is 0.194 e. The Morgan fingerprint density at radius 2 is 2.25 bits per heavy atom. The van der Waals surface area contributed by atoms with Crippen molar-refractivity contribution in [3.8, 4) is 10.9 Å². The number of para-hydroxylation sites is 1. The first-order valence-corrected chi connectivity index (χ1v) is 5.82. The Hall–Kier alpha value is -1.81. The van der Waals surface area contributed by atoms with Gasteiger partial charge in [-0.1, -0.05) is 12.1 Å². The summed E-state index contributed by atoms with van der Waals surface area (Å²) in [5.41, 5.74) is 1.07. The second-order valence-electron chi connectivity index (χ2n) is 3.40. The molecule has 2 aromatic heterocycles. The predicted octanol–water partition coefficient (Wildman–Crippen LogP) is 3.10. The third-order valence-electron chi connectivity index (χ3n) is 2.52. The molecule has 0 aliphatic rings. The molecule has 3 aromatic rings. The van der Waals surface area contributed by atoms with Crippen LogP contribution < -0.4 is 4.74 Å². The fourth-order valence-corrected chi connectivity index (χ4v) is 2.45. The Morgan fingerprint density at radius 1 is 1.31 bits per heavy atom. The molecule has 0 atom stereocenters. The van der Waals surface area contributed by atoms with Crippen LogP contribution >= 0.6 is 11.3 Å². The number of methoxy groups -OCH3 is 1. The van der Waals surface area contributed by atoms with Crippen LogP contribution in [0.15, 0.2) is 42.0 Å². The summed E-state index contributed by atoms with van der Waals surface area (Å²) in [6.45, 7) is 0. The Morgan fingerprint density at radius 3 is 3.00 bits per heavy atom. The third kappa shape index (κ3) is 1.31.